The Labute approximate surface area is 111 Å². The first-order chi connectivity index (χ1) is 9.13. The minimum atomic E-state index is -0.309. The predicted molar refractivity (Wildman–Crippen MR) is 71.1 cm³/mol. The molecule has 0 N–H and O–H groups in total. The van der Waals surface area contributed by atoms with Crippen LogP contribution >= 0.6 is 0 Å². The van der Waals surface area contributed by atoms with Crippen LogP contribution in [0.3, 0.4) is 0 Å². The molecule has 100 valence electrons. The summed E-state index contributed by atoms with van der Waals surface area (Å²) < 4.78 is 20.6. The fourth-order valence-corrected chi connectivity index (χ4v) is 1.89. The van der Waals surface area contributed by atoms with Crippen LogP contribution in [0.25, 0.3) is 0 Å². The molecule has 1 aromatic heterocycles. The number of carbonyl (C=O) groups excluding carboxylic acids is 1. The number of aromatic nitrogens is 1. The summed E-state index contributed by atoms with van der Waals surface area (Å²) >= 11 is 0. The van der Waals surface area contributed by atoms with Gasteiger partial charge in [0, 0.05) is 42.6 Å². The van der Waals surface area contributed by atoms with Gasteiger partial charge in [0.05, 0.1) is 7.11 Å². The minimum absolute atomic E-state index is 0.0916. The van der Waals surface area contributed by atoms with Crippen molar-refractivity contribution in [2.45, 2.75) is 19.9 Å². The van der Waals surface area contributed by atoms with Crippen molar-refractivity contribution < 1.29 is 13.9 Å². The number of ketones is 1. The van der Waals surface area contributed by atoms with Gasteiger partial charge >= 0.3 is 0 Å². The second-order valence-corrected chi connectivity index (χ2v) is 4.31. The van der Waals surface area contributed by atoms with Crippen molar-refractivity contribution in [1.29, 1.82) is 0 Å². The van der Waals surface area contributed by atoms with Crippen LogP contribution in [0, 0.1) is 5.82 Å². The van der Waals surface area contributed by atoms with Gasteiger partial charge in [-0.1, -0.05) is 13.0 Å². The second-order valence-electron chi connectivity index (χ2n) is 4.31. The lowest BCUT2D eigenvalue weighted by Gasteiger charge is -2.06. The van der Waals surface area contributed by atoms with Crippen LogP contribution in [-0.4, -0.2) is 17.5 Å². The Kier molecular flexibility index (Phi) is 4.00. The third kappa shape index (κ3) is 3.02. The molecule has 0 aliphatic rings. The number of ether oxygens (including phenoxy) is 1. The predicted octanol–water partition coefficient (Wildman–Crippen LogP) is 3.28. The van der Waals surface area contributed by atoms with Gasteiger partial charge in [-0.3, -0.25) is 4.79 Å². The molecule has 2 rings (SSSR count). The van der Waals surface area contributed by atoms with Crippen LogP contribution < -0.4 is 4.74 Å². The summed E-state index contributed by atoms with van der Waals surface area (Å²) in [4.78, 5) is 11.5. The third-order valence-corrected chi connectivity index (χ3v) is 3.01. The first-order valence-corrected chi connectivity index (χ1v) is 6.15. The van der Waals surface area contributed by atoms with E-state index in [-0.39, 0.29) is 11.6 Å². The van der Waals surface area contributed by atoms with Gasteiger partial charge in [0.1, 0.15) is 11.6 Å². The van der Waals surface area contributed by atoms with Gasteiger partial charge in [-0.2, -0.15) is 0 Å². The van der Waals surface area contributed by atoms with Gasteiger partial charge < -0.3 is 9.30 Å². The van der Waals surface area contributed by atoms with E-state index in [0.717, 1.165) is 0 Å². The average Bonchev–Trinajstić information content (AvgIpc) is 2.88. The number of hydrogen-bond donors (Lipinski definition) is 0. The van der Waals surface area contributed by atoms with Crippen LogP contribution in [-0.2, 0) is 6.54 Å². The maximum atomic E-state index is 13.8. The molecule has 1 heterocycles. The summed E-state index contributed by atoms with van der Waals surface area (Å²) in [5.74, 6) is 0.279. The standard InChI is InChI=1S/C15H16FNO2/c1-3-15(18)12-6-7-17(10-12)9-11-4-5-13(19-2)8-14(11)16/h4-8,10H,3,9H2,1-2H3. The first kappa shape index (κ1) is 13.3. The van der Waals surface area contributed by atoms with E-state index in [1.807, 2.05) is 6.92 Å². The number of carbonyl (C=O) groups is 1. The Bertz CT molecular complexity index is 590. The lowest BCUT2D eigenvalue weighted by molar-refractivity contribution is 0.0988. The quantitative estimate of drug-likeness (QED) is 0.773. The molecule has 0 unspecified atom stereocenters. The highest BCUT2D eigenvalue weighted by Gasteiger charge is 2.08. The van der Waals surface area contributed by atoms with Crippen molar-refractivity contribution in [2.75, 3.05) is 7.11 Å². The van der Waals surface area contributed by atoms with E-state index in [1.165, 1.54) is 13.2 Å². The Hall–Kier alpha value is -2.10. The number of rotatable bonds is 5. The first-order valence-electron chi connectivity index (χ1n) is 6.15. The topological polar surface area (TPSA) is 31.2 Å². The van der Waals surface area contributed by atoms with E-state index in [1.54, 1.807) is 35.2 Å². The summed E-state index contributed by atoms with van der Waals surface area (Å²) in [7, 11) is 1.50. The molecule has 0 fully saturated rings. The van der Waals surface area contributed by atoms with E-state index < -0.39 is 0 Å². The molecular formula is C15H16FNO2. The van der Waals surface area contributed by atoms with Crippen molar-refractivity contribution in [1.82, 2.24) is 4.57 Å². The largest absolute Gasteiger partial charge is 0.497 e. The van der Waals surface area contributed by atoms with Gasteiger partial charge in [0.2, 0.25) is 0 Å². The number of halogens is 1. The van der Waals surface area contributed by atoms with Crippen LogP contribution in [0.2, 0.25) is 0 Å². The Morgan fingerprint density at radius 3 is 2.79 bits per heavy atom. The van der Waals surface area contributed by atoms with Crippen LogP contribution in [0.5, 0.6) is 5.75 Å². The molecule has 0 amide bonds. The van der Waals surface area contributed by atoms with Crippen molar-refractivity contribution in [3.8, 4) is 5.75 Å². The van der Waals surface area contributed by atoms with Gasteiger partial charge in [-0.15, -0.1) is 0 Å². The SMILES string of the molecule is CCC(=O)c1ccn(Cc2ccc(OC)cc2F)c1. The van der Waals surface area contributed by atoms with E-state index in [0.29, 0.717) is 29.8 Å². The van der Waals surface area contributed by atoms with Gasteiger partial charge in [0.15, 0.2) is 5.78 Å². The van der Waals surface area contributed by atoms with Crippen LogP contribution in [0.1, 0.15) is 29.3 Å². The Morgan fingerprint density at radius 1 is 1.37 bits per heavy atom. The molecule has 0 aliphatic carbocycles. The molecule has 0 bridgehead atoms. The van der Waals surface area contributed by atoms with Crippen molar-refractivity contribution in [2.24, 2.45) is 0 Å². The van der Waals surface area contributed by atoms with Gasteiger partial charge in [0.25, 0.3) is 0 Å². The minimum Gasteiger partial charge on any atom is -0.497 e. The normalized spacial score (nSPS) is 10.5. The van der Waals surface area contributed by atoms with Crippen molar-refractivity contribution in [3.63, 3.8) is 0 Å². The summed E-state index contributed by atoms with van der Waals surface area (Å²) in [5, 5.41) is 0. The molecule has 0 spiro atoms. The fourth-order valence-electron chi connectivity index (χ4n) is 1.89. The van der Waals surface area contributed by atoms with Gasteiger partial charge in [-0.05, 0) is 12.1 Å². The molecule has 0 radical (unpaired) electrons. The molecule has 0 saturated carbocycles. The highest BCUT2D eigenvalue weighted by Crippen LogP contribution is 2.17. The Morgan fingerprint density at radius 2 is 2.16 bits per heavy atom. The zero-order valence-corrected chi connectivity index (χ0v) is 11.0. The molecule has 3 nitrogen and oxygen atoms in total. The maximum Gasteiger partial charge on any atom is 0.164 e. The van der Waals surface area contributed by atoms with E-state index in [2.05, 4.69) is 0 Å². The number of methoxy groups -OCH3 is 1. The second kappa shape index (κ2) is 5.69. The summed E-state index contributed by atoms with van der Waals surface area (Å²) in [6.07, 6.45) is 4.00. The van der Waals surface area contributed by atoms with Crippen LogP contribution in [0.4, 0.5) is 4.39 Å². The molecule has 2 aromatic rings. The molecule has 4 heteroatoms. The fraction of sp³-hybridized carbons (Fsp3) is 0.267. The Balaban J connectivity index is 2.17. The smallest absolute Gasteiger partial charge is 0.164 e. The third-order valence-electron chi connectivity index (χ3n) is 3.01. The number of hydrogen-bond acceptors (Lipinski definition) is 2. The number of nitrogens with zero attached hydrogens (tertiary/aromatic N) is 1. The molecule has 19 heavy (non-hydrogen) atoms. The van der Waals surface area contributed by atoms with Gasteiger partial charge in [-0.25, -0.2) is 4.39 Å². The molecule has 0 aliphatic heterocycles. The summed E-state index contributed by atoms with van der Waals surface area (Å²) in [5.41, 5.74) is 1.23. The van der Waals surface area contributed by atoms with Crippen molar-refractivity contribution in [3.05, 3.63) is 53.6 Å². The summed E-state index contributed by atoms with van der Waals surface area (Å²) in [6.45, 7) is 2.22. The average molecular weight is 261 g/mol. The van der Waals surface area contributed by atoms with Crippen molar-refractivity contribution >= 4 is 5.78 Å². The number of benzene rings is 1. The molecular weight excluding hydrogens is 245 g/mol. The zero-order valence-electron chi connectivity index (χ0n) is 11.0. The lowest BCUT2D eigenvalue weighted by Crippen LogP contribution is -2.00. The molecule has 1 aromatic carbocycles. The summed E-state index contributed by atoms with van der Waals surface area (Å²) in [6, 6.07) is 6.53. The maximum absolute atomic E-state index is 13.8. The highest BCUT2D eigenvalue weighted by atomic mass is 19.1. The molecule has 0 atom stereocenters. The van der Waals surface area contributed by atoms with E-state index >= 15 is 0 Å². The lowest BCUT2D eigenvalue weighted by atomic mass is 10.2. The van der Waals surface area contributed by atoms with E-state index in [9.17, 15) is 9.18 Å². The van der Waals surface area contributed by atoms with E-state index in [4.69, 9.17) is 4.74 Å². The highest BCUT2D eigenvalue weighted by molar-refractivity contribution is 5.95. The zero-order chi connectivity index (χ0) is 13.8. The van der Waals surface area contributed by atoms with Crippen LogP contribution in [0.15, 0.2) is 36.7 Å². The molecule has 0 saturated heterocycles. The monoisotopic (exact) mass is 261 g/mol. The number of Topliss-reactive ketones (excluding diaryl/α,β-unsaturated/α-hetero) is 1.